The number of nitrogens with zero attached hydrogens (tertiary/aromatic N) is 2. The second-order valence-corrected chi connectivity index (χ2v) is 9.47. The number of nitrogens with one attached hydrogen (secondary N) is 1. The summed E-state index contributed by atoms with van der Waals surface area (Å²) in [5.74, 6) is 0.157. The summed E-state index contributed by atoms with van der Waals surface area (Å²) in [6, 6.07) is 9.98. The third-order valence-electron chi connectivity index (χ3n) is 5.78. The number of likely N-dealkylation sites (tertiary alicyclic amines) is 1. The number of aromatic nitrogens is 1. The lowest BCUT2D eigenvalue weighted by Crippen LogP contribution is -2.45. The molecule has 1 atom stereocenters. The van der Waals surface area contributed by atoms with Crippen molar-refractivity contribution >= 4 is 33.2 Å². The molecule has 0 spiro atoms. The molecule has 6 nitrogen and oxygen atoms in total. The van der Waals surface area contributed by atoms with Crippen molar-refractivity contribution in [1.29, 1.82) is 0 Å². The molecule has 1 unspecified atom stereocenters. The van der Waals surface area contributed by atoms with Crippen molar-refractivity contribution in [2.75, 3.05) is 6.54 Å². The summed E-state index contributed by atoms with van der Waals surface area (Å²) in [5.41, 5.74) is 1.82. The average molecular weight is 440 g/mol. The number of fused-ring (bicyclic) bond motifs is 1. The molecule has 0 aliphatic carbocycles. The molecule has 3 aromatic rings. The molecular formula is C24H29N3O3S. The normalized spacial score (nSPS) is 16.8. The van der Waals surface area contributed by atoms with E-state index in [1.807, 2.05) is 37.8 Å². The molecule has 7 heteroatoms. The Hall–Kier alpha value is -2.67. The number of aryl methyl sites for hydroxylation is 1. The van der Waals surface area contributed by atoms with Gasteiger partial charge < -0.3 is 14.7 Å². The van der Waals surface area contributed by atoms with Gasteiger partial charge in [-0.25, -0.2) is 0 Å². The van der Waals surface area contributed by atoms with Crippen LogP contribution in [0.3, 0.4) is 0 Å². The van der Waals surface area contributed by atoms with Crippen LogP contribution in [-0.4, -0.2) is 40.5 Å². The number of thiophene rings is 1. The van der Waals surface area contributed by atoms with Crippen LogP contribution in [0.4, 0.5) is 0 Å². The molecule has 4 rings (SSSR count). The molecule has 0 bridgehead atoms. The highest BCUT2D eigenvalue weighted by molar-refractivity contribution is 7.21. The Bertz CT molecular complexity index is 1080. The third kappa shape index (κ3) is 4.51. The molecule has 1 aliphatic rings. The highest BCUT2D eigenvalue weighted by Crippen LogP contribution is 2.34. The second kappa shape index (κ2) is 9.22. The minimum Gasteiger partial charge on any atom is -0.351 e. The Morgan fingerprint density at radius 1 is 1.29 bits per heavy atom. The molecule has 0 radical (unpaired) electrons. The molecule has 1 saturated heterocycles. The highest BCUT2D eigenvalue weighted by Gasteiger charge is 2.32. The first kappa shape index (κ1) is 21.6. The lowest BCUT2D eigenvalue weighted by Gasteiger charge is -2.35. The van der Waals surface area contributed by atoms with Crippen LogP contribution in [0.25, 0.3) is 10.1 Å². The van der Waals surface area contributed by atoms with Gasteiger partial charge in [0.1, 0.15) is 0 Å². The largest absolute Gasteiger partial charge is 0.351 e. The number of hydrogen-bond donors (Lipinski definition) is 1. The standard InChI is InChI=1S/C24H29N3O3S/c1-4-16-13-20(30-26-16)24(29)27-12-8-7-9-17(27)14-19-18-10-5-6-11-21(18)31-22(19)23(28)25-15(2)3/h5-6,10-11,13,15,17H,4,7-9,12,14H2,1-3H3,(H,25,28). The molecule has 3 heterocycles. The zero-order chi connectivity index (χ0) is 22.0. The number of carbonyl (C=O) groups is 2. The zero-order valence-electron chi connectivity index (χ0n) is 18.3. The quantitative estimate of drug-likeness (QED) is 0.597. The van der Waals surface area contributed by atoms with Gasteiger partial charge in [-0.2, -0.15) is 0 Å². The lowest BCUT2D eigenvalue weighted by atomic mass is 9.93. The lowest BCUT2D eigenvalue weighted by molar-refractivity contribution is 0.0571. The van der Waals surface area contributed by atoms with Gasteiger partial charge in [-0.05, 0) is 63.0 Å². The maximum atomic E-state index is 13.2. The van der Waals surface area contributed by atoms with E-state index >= 15 is 0 Å². The van der Waals surface area contributed by atoms with Gasteiger partial charge in [-0.1, -0.05) is 30.3 Å². The smallest absolute Gasteiger partial charge is 0.292 e. The minimum atomic E-state index is -0.107. The van der Waals surface area contributed by atoms with Gasteiger partial charge in [0.05, 0.1) is 10.6 Å². The van der Waals surface area contributed by atoms with Crippen molar-refractivity contribution in [1.82, 2.24) is 15.4 Å². The third-order valence-corrected chi connectivity index (χ3v) is 7.00. The van der Waals surface area contributed by atoms with E-state index in [0.717, 1.165) is 51.9 Å². The van der Waals surface area contributed by atoms with E-state index in [0.29, 0.717) is 18.7 Å². The molecule has 0 saturated carbocycles. The van der Waals surface area contributed by atoms with E-state index in [1.54, 1.807) is 6.07 Å². The summed E-state index contributed by atoms with van der Waals surface area (Å²) in [7, 11) is 0. The maximum Gasteiger partial charge on any atom is 0.292 e. The van der Waals surface area contributed by atoms with Crippen molar-refractivity contribution < 1.29 is 14.1 Å². The first-order valence-corrected chi connectivity index (χ1v) is 11.9. The van der Waals surface area contributed by atoms with Crippen LogP contribution in [-0.2, 0) is 12.8 Å². The predicted molar refractivity (Wildman–Crippen MR) is 123 cm³/mol. The molecular weight excluding hydrogens is 410 g/mol. The van der Waals surface area contributed by atoms with Gasteiger partial charge in [0.2, 0.25) is 5.76 Å². The van der Waals surface area contributed by atoms with Gasteiger partial charge >= 0.3 is 0 Å². The van der Waals surface area contributed by atoms with Crippen LogP contribution in [0.15, 0.2) is 34.9 Å². The fourth-order valence-electron chi connectivity index (χ4n) is 4.25. The highest BCUT2D eigenvalue weighted by atomic mass is 32.1. The molecule has 1 fully saturated rings. The minimum absolute atomic E-state index is 0.0278. The number of piperidine rings is 1. The van der Waals surface area contributed by atoms with Crippen LogP contribution in [0.1, 0.15) is 71.5 Å². The first-order chi connectivity index (χ1) is 15.0. The molecule has 1 aromatic carbocycles. The van der Waals surface area contributed by atoms with Crippen LogP contribution < -0.4 is 5.32 Å². The number of amides is 2. The molecule has 2 amide bonds. The number of hydrogen-bond acceptors (Lipinski definition) is 5. The predicted octanol–water partition coefficient (Wildman–Crippen LogP) is 4.83. The Morgan fingerprint density at radius 3 is 2.84 bits per heavy atom. The summed E-state index contributed by atoms with van der Waals surface area (Å²) in [5, 5.41) is 8.12. The summed E-state index contributed by atoms with van der Waals surface area (Å²) in [6.07, 6.45) is 4.35. The zero-order valence-corrected chi connectivity index (χ0v) is 19.1. The second-order valence-electron chi connectivity index (χ2n) is 8.42. The molecule has 1 aliphatic heterocycles. The number of benzene rings is 1. The van der Waals surface area contributed by atoms with Gasteiger partial charge in [0.15, 0.2) is 0 Å². The first-order valence-electron chi connectivity index (χ1n) is 11.1. The van der Waals surface area contributed by atoms with Crippen LogP contribution in [0.2, 0.25) is 0 Å². The fraction of sp³-hybridized carbons (Fsp3) is 0.458. The van der Waals surface area contributed by atoms with Crippen molar-refractivity contribution in [2.24, 2.45) is 0 Å². The SMILES string of the molecule is CCc1cc(C(=O)N2CCCCC2Cc2c(C(=O)NC(C)C)sc3ccccc23)on1. The van der Waals surface area contributed by atoms with Gasteiger partial charge in [0.25, 0.3) is 11.8 Å². The van der Waals surface area contributed by atoms with Crippen molar-refractivity contribution in [3.8, 4) is 0 Å². The number of rotatable bonds is 6. The maximum absolute atomic E-state index is 13.2. The Morgan fingerprint density at radius 2 is 2.10 bits per heavy atom. The summed E-state index contributed by atoms with van der Waals surface area (Å²) >= 11 is 1.53. The van der Waals surface area contributed by atoms with E-state index in [1.165, 1.54) is 11.3 Å². The Labute approximate surface area is 186 Å². The summed E-state index contributed by atoms with van der Waals surface area (Å²) in [6.45, 7) is 6.62. The van der Waals surface area contributed by atoms with Crippen LogP contribution in [0, 0.1) is 0 Å². The molecule has 2 aromatic heterocycles. The van der Waals surface area contributed by atoms with Gasteiger partial charge in [-0.3, -0.25) is 9.59 Å². The Kier molecular flexibility index (Phi) is 6.41. The average Bonchev–Trinajstić information content (AvgIpc) is 3.38. The van der Waals surface area contributed by atoms with E-state index in [-0.39, 0.29) is 23.9 Å². The molecule has 31 heavy (non-hydrogen) atoms. The van der Waals surface area contributed by atoms with E-state index in [9.17, 15) is 9.59 Å². The monoisotopic (exact) mass is 439 g/mol. The van der Waals surface area contributed by atoms with Crippen molar-refractivity contribution in [3.05, 3.63) is 52.2 Å². The van der Waals surface area contributed by atoms with Crippen LogP contribution >= 0.6 is 11.3 Å². The topological polar surface area (TPSA) is 75.4 Å². The van der Waals surface area contributed by atoms with Gasteiger partial charge in [-0.15, -0.1) is 11.3 Å². The number of carbonyl (C=O) groups excluding carboxylic acids is 2. The van der Waals surface area contributed by atoms with E-state index < -0.39 is 0 Å². The van der Waals surface area contributed by atoms with Gasteiger partial charge in [0, 0.05) is 29.4 Å². The molecule has 1 N–H and O–H groups in total. The van der Waals surface area contributed by atoms with Crippen molar-refractivity contribution in [2.45, 2.75) is 65.0 Å². The van der Waals surface area contributed by atoms with E-state index in [4.69, 9.17) is 4.52 Å². The fourth-order valence-corrected chi connectivity index (χ4v) is 5.38. The Balaban J connectivity index is 1.66. The van der Waals surface area contributed by atoms with Crippen LogP contribution in [0.5, 0.6) is 0 Å². The van der Waals surface area contributed by atoms with E-state index in [2.05, 4.69) is 22.6 Å². The van der Waals surface area contributed by atoms with Crippen molar-refractivity contribution in [3.63, 3.8) is 0 Å². The summed E-state index contributed by atoms with van der Waals surface area (Å²) in [4.78, 5) is 28.8. The summed E-state index contributed by atoms with van der Waals surface area (Å²) < 4.78 is 6.43. The molecule has 164 valence electrons.